The number of morpholine rings is 1. The highest BCUT2D eigenvalue weighted by atomic mass is 35.5. The van der Waals surface area contributed by atoms with Crippen molar-refractivity contribution in [3.63, 3.8) is 0 Å². The zero-order valence-electron chi connectivity index (χ0n) is 12.6. The molecule has 2 rings (SSSR count). The first-order valence-corrected chi connectivity index (χ1v) is 10.2. The molecule has 0 radical (unpaired) electrons. The highest BCUT2D eigenvalue weighted by molar-refractivity contribution is 6.91. The Hall–Kier alpha value is -0.423. The fourth-order valence-corrected chi connectivity index (χ4v) is 6.79. The third-order valence-corrected chi connectivity index (χ3v) is 8.56. The van der Waals surface area contributed by atoms with E-state index in [1.165, 1.54) is 5.19 Å². The van der Waals surface area contributed by atoms with Crippen LogP contribution in [0.4, 0.5) is 4.39 Å². The number of hydrogen-bond acceptors (Lipinski definition) is 2. The maximum atomic E-state index is 13.1. The molecule has 0 N–H and O–H groups in total. The molecule has 0 bridgehead atoms. The summed E-state index contributed by atoms with van der Waals surface area (Å²) >= 11 is 0. The smallest absolute Gasteiger partial charge is 0.123 e. The van der Waals surface area contributed by atoms with Gasteiger partial charge < -0.3 is 4.74 Å². The average molecular weight is 318 g/mol. The Morgan fingerprint density at radius 3 is 2.25 bits per heavy atom. The van der Waals surface area contributed by atoms with Crippen molar-refractivity contribution in [2.24, 2.45) is 0 Å². The van der Waals surface area contributed by atoms with Crippen molar-refractivity contribution < 1.29 is 9.13 Å². The number of nitrogens with zero attached hydrogens (tertiary/aromatic N) is 1. The third-order valence-electron chi connectivity index (χ3n) is 4.29. The normalized spacial score (nSPS) is 18.4. The molecule has 1 aromatic rings. The van der Waals surface area contributed by atoms with Crippen LogP contribution in [0.1, 0.15) is 13.3 Å². The Morgan fingerprint density at radius 2 is 1.75 bits per heavy atom. The Bertz CT molecular complexity index is 407. The van der Waals surface area contributed by atoms with E-state index in [9.17, 15) is 4.39 Å². The topological polar surface area (TPSA) is 12.5 Å². The lowest BCUT2D eigenvalue weighted by atomic mass is 10.3. The first-order valence-electron chi connectivity index (χ1n) is 7.13. The summed E-state index contributed by atoms with van der Waals surface area (Å²) in [6, 6.07) is 7.14. The van der Waals surface area contributed by atoms with Gasteiger partial charge in [0.2, 0.25) is 0 Å². The van der Waals surface area contributed by atoms with Gasteiger partial charge in [0.05, 0.1) is 21.3 Å². The van der Waals surface area contributed by atoms with Crippen LogP contribution >= 0.6 is 12.4 Å². The van der Waals surface area contributed by atoms with Crippen LogP contribution in [0.5, 0.6) is 0 Å². The third kappa shape index (κ3) is 3.82. The molecule has 1 unspecified atom stereocenters. The minimum atomic E-state index is -1.62. The largest absolute Gasteiger partial charge is 0.379 e. The molecule has 1 aromatic carbocycles. The number of hydrogen-bond donors (Lipinski definition) is 0. The highest BCUT2D eigenvalue weighted by Gasteiger charge is 2.36. The maximum Gasteiger partial charge on any atom is 0.123 e. The number of rotatable bonds is 4. The summed E-state index contributed by atoms with van der Waals surface area (Å²) in [5, 5.41) is 1.34. The zero-order valence-corrected chi connectivity index (χ0v) is 14.4. The molecule has 114 valence electrons. The summed E-state index contributed by atoms with van der Waals surface area (Å²) in [5.41, 5.74) is 0.599. The summed E-state index contributed by atoms with van der Waals surface area (Å²) < 4.78 is 18.6. The van der Waals surface area contributed by atoms with Crippen molar-refractivity contribution in [2.75, 3.05) is 26.3 Å². The lowest BCUT2D eigenvalue weighted by Crippen LogP contribution is -2.61. The second-order valence-corrected chi connectivity index (χ2v) is 10.5. The molecule has 20 heavy (non-hydrogen) atoms. The van der Waals surface area contributed by atoms with Crippen molar-refractivity contribution in [3.8, 4) is 0 Å². The molecule has 0 saturated carbocycles. The Morgan fingerprint density at radius 1 is 1.20 bits per heavy atom. The fourth-order valence-electron chi connectivity index (χ4n) is 3.19. The molecule has 2 nitrogen and oxygen atoms in total. The van der Waals surface area contributed by atoms with E-state index in [-0.39, 0.29) is 18.2 Å². The minimum absolute atomic E-state index is 0. The van der Waals surface area contributed by atoms with E-state index in [1.54, 1.807) is 12.1 Å². The van der Waals surface area contributed by atoms with Crippen LogP contribution in [-0.2, 0) is 4.74 Å². The SMILES string of the molecule is CCC(N1CCOCC1)[Si](C)(C)c1ccc(F)cc1.Cl. The van der Waals surface area contributed by atoms with Gasteiger partial charge in [0, 0.05) is 18.8 Å². The maximum absolute atomic E-state index is 13.1. The van der Waals surface area contributed by atoms with Gasteiger partial charge in [0.15, 0.2) is 0 Å². The lowest BCUT2D eigenvalue weighted by molar-refractivity contribution is 0.0291. The van der Waals surface area contributed by atoms with E-state index in [2.05, 4.69) is 24.9 Å². The number of benzene rings is 1. The molecule has 0 amide bonds. The van der Waals surface area contributed by atoms with Crippen molar-refractivity contribution >= 4 is 25.7 Å². The first-order chi connectivity index (χ1) is 9.05. The van der Waals surface area contributed by atoms with Gasteiger partial charge in [-0.1, -0.05) is 37.3 Å². The van der Waals surface area contributed by atoms with Gasteiger partial charge in [-0.15, -0.1) is 12.4 Å². The average Bonchev–Trinajstić information content (AvgIpc) is 2.41. The van der Waals surface area contributed by atoms with Gasteiger partial charge in [0.25, 0.3) is 0 Å². The zero-order chi connectivity index (χ0) is 13.9. The van der Waals surface area contributed by atoms with Crippen molar-refractivity contribution in [1.29, 1.82) is 0 Å². The summed E-state index contributed by atoms with van der Waals surface area (Å²) in [5.74, 6) is -0.145. The molecule has 0 aliphatic carbocycles. The van der Waals surface area contributed by atoms with Crippen molar-refractivity contribution in [2.45, 2.75) is 32.1 Å². The fraction of sp³-hybridized carbons (Fsp3) is 0.600. The van der Waals surface area contributed by atoms with Crippen LogP contribution < -0.4 is 5.19 Å². The summed E-state index contributed by atoms with van der Waals surface area (Å²) in [7, 11) is -1.62. The second-order valence-electron chi connectivity index (χ2n) is 5.80. The first kappa shape index (κ1) is 17.6. The molecule has 5 heteroatoms. The van der Waals surface area contributed by atoms with Crippen LogP contribution in [0.25, 0.3) is 0 Å². The molecule has 0 aromatic heterocycles. The van der Waals surface area contributed by atoms with Crippen LogP contribution in [0, 0.1) is 5.82 Å². The van der Waals surface area contributed by atoms with Crippen LogP contribution in [0.3, 0.4) is 0 Å². The van der Waals surface area contributed by atoms with Crippen LogP contribution in [0.2, 0.25) is 13.1 Å². The quantitative estimate of drug-likeness (QED) is 0.792. The molecule has 1 aliphatic rings. The number of halogens is 2. The highest BCUT2D eigenvalue weighted by Crippen LogP contribution is 2.20. The van der Waals surface area contributed by atoms with E-state index in [1.807, 2.05) is 12.1 Å². The summed E-state index contributed by atoms with van der Waals surface area (Å²) in [6.07, 6.45) is 1.15. The minimum Gasteiger partial charge on any atom is -0.379 e. The molecule has 1 saturated heterocycles. The van der Waals surface area contributed by atoms with Gasteiger partial charge in [-0.2, -0.15) is 0 Å². The van der Waals surface area contributed by atoms with E-state index < -0.39 is 8.07 Å². The van der Waals surface area contributed by atoms with Gasteiger partial charge in [0.1, 0.15) is 5.82 Å². The summed E-state index contributed by atoms with van der Waals surface area (Å²) in [4.78, 5) is 2.57. The predicted octanol–water partition coefficient (Wildman–Crippen LogP) is 2.81. The van der Waals surface area contributed by atoms with E-state index in [4.69, 9.17) is 4.74 Å². The van der Waals surface area contributed by atoms with Crippen molar-refractivity contribution in [1.82, 2.24) is 4.90 Å². The van der Waals surface area contributed by atoms with Crippen LogP contribution in [0.15, 0.2) is 24.3 Å². The van der Waals surface area contributed by atoms with Crippen molar-refractivity contribution in [3.05, 3.63) is 30.1 Å². The predicted molar refractivity (Wildman–Crippen MR) is 87.2 cm³/mol. The monoisotopic (exact) mass is 317 g/mol. The van der Waals surface area contributed by atoms with E-state index in [0.717, 1.165) is 32.7 Å². The Labute approximate surface area is 128 Å². The molecular weight excluding hydrogens is 293 g/mol. The molecule has 1 atom stereocenters. The molecule has 1 aliphatic heterocycles. The lowest BCUT2D eigenvalue weighted by Gasteiger charge is -2.42. The van der Waals surface area contributed by atoms with Gasteiger partial charge in [-0.05, 0) is 18.6 Å². The van der Waals surface area contributed by atoms with E-state index >= 15 is 0 Å². The number of ether oxygens (including phenoxy) is 1. The molecular formula is C15H25ClFNOSi. The molecule has 1 heterocycles. The standard InChI is InChI=1S/C15H24FNOSi.ClH/c1-4-15(17-9-11-18-12-10-17)19(2,3)14-7-5-13(16)6-8-14;/h5-8,15H,4,9-12H2,1-3H3;1H. The molecule has 0 spiro atoms. The molecule has 1 fully saturated rings. The van der Waals surface area contributed by atoms with Gasteiger partial charge >= 0.3 is 0 Å². The Balaban J connectivity index is 0.00000200. The van der Waals surface area contributed by atoms with Gasteiger partial charge in [-0.25, -0.2) is 4.39 Å². The Kier molecular flexibility index (Phi) is 6.65. The summed E-state index contributed by atoms with van der Waals surface area (Å²) in [6.45, 7) is 10.8. The second kappa shape index (κ2) is 7.55. The van der Waals surface area contributed by atoms with E-state index in [0.29, 0.717) is 5.67 Å². The van der Waals surface area contributed by atoms with Gasteiger partial charge in [-0.3, -0.25) is 4.90 Å². The van der Waals surface area contributed by atoms with Crippen LogP contribution in [-0.4, -0.2) is 44.9 Å².